The van der Waals surface area contributed by atoms with Gasteiger partial charge < -0.3 is 5.73 Å². The first-order chi connectivity index (χ1) is 6.32. The molecule has 86 valence electrons. The van der Waals surface area contributed by atoms with E-state index < -0.39 is 0 Å². The van der Waals surface area contributed by atoms with Crippen LogP contribution in [0.3, 0.4) is 0 Å². The third-order valence-electron chi connectivity index (χ3n) is 2.47. The molecule has 0 fully saturated rings. The standard InChI is InChI=1S/C12H18FN.ClH/c1-8-7-9(5-6-10(8)13)11(14)12(2,3)4;/h5-7,11H,14H2,1-4H3;1H/t11-;/m1./s1. The molecule has 0 amide bonds. The molecule has 3 heteroatoms. The maximum absolute atomic E-state index is 13.0. The lowest BCUT2D eigenvalue weighted by Gasteiger charge is -2.27. The monoisotopic (exact) mass is 231 g/mol. The van der Waals surface area contributed by atoms with Gasteiger partial charge in [0.15, 0.2) is 0 Å². The summed E-state index contributed by atoms with van der Waals surface area (Å²) in [5, 5.41) is 0. The first-order valence-electron chi connectivity index (χ1n) is 4.84. The van der Waals surface area contributed by atoms with E-state index in [4.69, 9.17) is 5.73 Å². The molecule has 0 aromatic heterocycles. The maximum atomic E-state index is 13.0. The van der Waals surface area contributed by atoms with Gasteiger partial charge in [-0.15, -0.1) is 12.4 Å². The fraction of sp³-hybridized carbons (Fsp3) is 0.500. The zero-order valence-electron chi connectivity index (χ0n) is 9.67. The molecular weight excluding hydrogens is 213 g/mol. The lowest BCUT2D eigenvalue weighted by molar-refractivity contribution is 0.326. The smallest absolute Gasteiger partial charge is 0.126 e. The van der Waals surface area contributed by atoms with Gasteiger partial charge in [0.2, 0.25) is 0 Å². The molecule has 0 saturated heterocycles. The van der Waals surface area contributed by atoms with E-state index in [1.165, 1.54) is 6.07 Å². The van der Waals surface area contributed by atoms with Crippen LogP contribution in [0.25, 0.3) is 0 Å². The van der Waals surface area contributed by atoms with Crippen LogP contribution in [0.4, 0.5) is 4.39 Å². The SMILES string of the molecule is Cc1cc([C@@H](N)C(C)(C)C)ccc1F.Cl. The zero-order valence-corrected chi connectivity index (χ0v) is 10.5. The van der Waals surface area contributed by atoms with Crippen LogP contribution in [-0.4, -0.2) is 0 Å². The molecule has 2 N–H and O–H groups in total. The normalized spacial score (nSPS) is 13.2. The summed E-state index contributed by atoms with van der Waals surface area (Å²) in [6, 6.07) is 5.02. The van der Waals surface area contributed by atoms with Crippen LogP contribution in [0.15, 0.2) is 18.2 Å². The Labute approximate surface area is 97.3 Å². The van der Waals surface area contributed by atoms with E-state index >= 15 is 0 Å². The van der Waals surface area contributed by atoms with E-state index in [-0.39, 0.29) is 29.7 Å². The van der Waals surface area contributed by atoms with Crippen LogP contribution >= 0.6 is 12.4 Å². The van der Waals surface area contributed by atoms with E-state index in [1.807, 2.05) is 6.07 Å². The molecule has 1 aromatic rings. The summed E-state index contributed by atoms with van der Waals surface area (Å²) in [6.45, 7) is 8.00. The fourth-order valence-corrected chi connectivity index (χ4v) is 1.36. The van der Waals surface area contributed by atoms with Crippen molar-refractivity contribution in [3.05, 3.63) is 35.1 Å². The second kappa shape index (κ2) is 4.95. The maximum Gasteiger partial charge on any atom is 0.126 e. The first kappa shape index (κ1) is 14.4. The minimum absolute atomic E-state index is 0. The Bertz CT molecular complexity index is 331. The van der Waals surface area contributed by atoms with Gasteiger partial charge in [0.25, 0.3) is 0 Å². The van der Waals surface area contributed by atoms with Crippen molar-refractivity contribution in [3.8, 4) is 0 Å². The lowest BCUT2D eigenvalue weighted by atomic mass is 9.83. The van der Waals surface area contributed by atoms with Crippen molar-refractivity contribution in [1.82, 2.24) is 0 Å². The minimum Gasteiger partial charge on any atom is -0.324 e. The zero-order chi connectivity index (χ0) is 10.9. The lowest BCUT2D eigenvalue weighted by Crippen LogP contribution is -2.26. The number of hydrogen-bond donors (Lipinski definition) is 1. The number of rotatable bonds is 1. The van der Waals surface area contributed by atoms with Gasteiger partial charge in [-0.2, -0.15) is 0 Å². The molecule has 0 saturated carbocycles. The number of hydrogen-bond acceptors (Lipinski definition) is 1. The number of halogens is 2. The molecule has 0 heterocycles. The van der Waals surface area contributed by atoms with Crippen molar-refractivity contribution in [1.29, 1.82) is 0 Å². The Morgan fingerprint density at radius 1 is 1.27 bits per heavy atom. The highest BCUT2D eigenvalue weighted by atomic mass is 35.5. The quantitative estimate of drug-likeness (QED) is 0.785. The summed E-state index contributed by atoms with van der Waals surface area (Å²) >= 11 is 0. The Morgan fingerprint density at radius 3 is 2.20 bits per heavy atom. The minimum atomic E-state index is -0.171. The Hall–Kier alpha value is -0.600. The molecule has 1 aromatic carbocycles. The van der Waals surface area contributed by atoms with Crippen LogP contribution in [-0.2, 0) is 0 Å². The van der Waals surface area contributed by atoms with Crippen molar-refractivity contribution in [2.24, 2.45) is 11.1 Å². The average Bonchev–Trinajstić information content (AvgIpc) is 2.07. The summed E-state index contributed by atoms with van der Waals surface area (Å²) in [7, 11) is 0. The predicted molar refractivity (Wildman–Crippen MR) is 64.8 cm³/mol. The molecule has 1 atom stereocenters. The highest BCUT2D eigenvalue weighted by molar-refractivity contribution is 5.85. The predicted octanol–water partition coefficient (Wildman–Crippen LogP) is 3.60. The third kappa shape index (κ3) is 3.47. The van der Waals surface area contributed by atoms with Crippen molar-refractivity contribution in [2.75, 3.05) is 0 Å². The van der Waals surface area contributed by atoms with Gasteiger partial charge in [-0.05, 0) is 29.5 Å². The summed E-state index contributed by atoms with van der Waals surface area (Å²) in [5.41, 5.74) is 7.72. The van der Waals surface area contributed by atoms with E-state index in [9.17, 15) is 4.39 Å². The fourth-order valence-electron chi connectivity index (χ4n) is 1.36. The molecule has 0 aliphatic heterocycles. The van der Waals surface area contributed by atoms with Gasteiger partial charge in [-0.25, -0.2) is 4.39 Å². The molecule has 0 aliphatic rings. The molecule has 0 spiro atoms. The van der Waals surface area contributed by atoms with Crippen LogP contribution in [0.5, 0.6) is 0 Å². The molecule has 0 aliphatic carbocycles. The molecule has 0 unspecified atom stereocenters. The van der Waals surface area contributed by atoms with Crippen LogP contribution < -0.4 is 5.73 Å². The highest BCUT2D eigenvalue weighted by Gasteiger charge is 2.22. The average molecular weight is 232 g/mol. The van der Waals surface area contributed by atoms with Gasteiger partial charge >= 0.3 is 0 Å². The number of nitrogens with two attached hydrogens (primary N) is 1. The Balaban J connectivity index is 0.00000196. The molecular formula is C12H19ClFN. The molecule has 0 bridgehead atoms. The van der Waals surface area contributed by atoms with Crippen LogP contribution in [0, 0.1) is 18.2 Å². The van der Waals surface area contributed by atoms with Gasteiger partial charge in [0.05, 0.1) is 0 Å². The summed E-state index contributed by atoms with van der Waals surface area (Å²) < 4.78 is 13.0. The topological polar surface area (TPSA) is 26.0 Å². The van der Waals surface area contributed by atoms with E-state index in [0.717, 1.165) is 5.56 Å². The summed E-state index contributed by atoms with van der Waals surface area (Å²) in [4.78, 5) is 0. The highest BCUT2D eigenvalue weighted by Crippen LogP contribution is 2.30. The van der Waals surface area contributed by atoms with Crippen LogP contribution in [0.1, 0.15) is 37.9 Å². The number of aryl methyl sites for hydroxylation is 1. The summed E-state index contributed by atoms with van der Waals surface area (Å²) in [6.07, 6.45) is 0. The summed E-state index contributed by atoms with van der Waals surface area (Å²) in [5.74, 6) is -0.171. The van der Waals surface area contributed by atoms with E-state index in [0.29, 0.717) is 5.56 Å². The van der Waals surface area contributed by atoms with Gasteiger partial charge in [0, 0.05) is 6.04 Å². The van der Waals surface area contributed by atoms with Crippen molar-refractivity contribution in [2.45, 2.75) is 33.7 Å². The van der Waals surface area contributed by atoms with Gasteiger partial charge in [-0.3, -0.25) is 0 Å². The molecule has 1 nitrogen and oxygen atoms in total. The molecule has 1 rings (SSSR count). The second-order valence-corrected chi connectivity index (χ2v) is 4.85. The molecule has 0 radical (unpaired) electrons. The van der Waals surface area contributed by atoms with Crippen molar-refractivity contribution < 1.29 is 4.39 Å². The van der Waals surface area contributed by atoms with Gasteiger partial charge in [0.1, 0.15) is 5.82 Å². The van der Waals surface area contributed by atoms with Crippen molar-refractivity contribution >= 4 is 12.4 Å². The largest absolute Gasteiger partial charge is 0.324 e. The van der Waals surface area contributed by atoms with Crippen LogP contribution in [0.2, 0.25) is 0 Å². The number of benzene rings is 1. The Morgan fingerprint density at radius 2 is 1.80 bits per heavy atom. The third-order valence-corrected chi connectivity index (χ3v) is 2.47. The first-order valence-corrected chi connectivity index (χ1v) is 4.84. The van der Waals surface area contributed by atoms with Crippen molar-refractivity contribution in [3.63, 3.8) is 0 Å². The Kier molecular flexibility index (Phi) is 4.75. The second-order valence-electron chi connectivity index (χ2n) is 4.85. The van der Waals surface area contributed by atoms with Gasteiger partial charge in [-0.1, -0.05) is 32.9 Å². The van der Waals surface area contributed by atoms with E-state index in [2.05, 4.69) is 20.8 Å². The van der Waals surface area contributed by atoms with E-state index in [1.54, 1.807) is 13.0 Å². The molecule has 15 heavy (non-hydrogen) atoms.